The largest absolute Gasteiger partial charge is 0.353 e. The van der Waals surface area contributed by atoms with Crippen molar-refractivity contribution in [3.63, 3.8) is 0 Å². The summed E-state index contributed by atoms with van der Waals surface area (Å²) < 4.78 is 0. The van der Waals surface area contributed by atoms with E-state index < -0.39 is 0 Å². The van der Waals surface area contributed by atoms with Gasteiger partial charge in [-0.3, -0.25) is 0 Å². The number of rotatable bonds is 2. The summed E-state index contributed by atoms with van der Waals surface area (Å²) in [7, 11) is 3.59. The third-order valence-corrected chi connectivity index (χ3v) is 3.69. The van der Waals surface area contributed by atoms with Crippen molar-refractivity contribution in [2.45, 2.75) is 19.8 Å². The fraction of sp³-hybridized carbons (Fsp3) is 0.600. The van der Waals surface area contributed by atoms with Crippen molar-refractivity contribution < 1.29 is 4.79 Å². The molecule has 0 N–H and O–H groups in total. The molecule has 2 rings (SSSR count). The molecule has 5 heteroatoms. The summed E-state index contributed by atoms with van der Waals surface area (Å²) in [6, 6.07) is 4.32. The summed E-state index contributed by atoms with van der Waals surface area (Å²) in [5, 5.41) is 0. The van der Waals surface area contributed by atoms with Gasteiger partial charge in [0.25, 0.3) is 0 Å². The number of pyridine rings is 1. The van der Waals surface area contributed by atoms with Crippen LogP contribution in [0.4, 0.5) is 10.6 Å². The molecule has 2 amide bonds. The first kappa shape index (κ1) is 14.6. The molecule has 0 bridgehead atoms. The van der Waals surface area contributed by atoms with Crippen LogP contribution in [0.25, 0.3) is 0 Å². The third-order valence-electron chi connectivity index (χ3n) is 3.69. The van der Waals surface area contributed by atoms with Crippen molar-refractivity contribution in [1.82, 2.24) is 14.8 Å². The molecule has 1 saturated heterocycles. The highest BCUT2D eigenvalue weighted by Gasteiger charge is 2.22. The minimum absolute atomic E-state index is 0.0905. The van der Waals surface area contributed by atoms with Gasteiger partial charge in [-0.05, 0) is 17.5 Å². The summed E-state index contributed by atoms with van der Waals surface area (Å²) in [5.74, 6) is 1.51. The zero-order chi connectivity index (χ0) is 14.7. The van der Waals surface area contributed by atoms with E-state index >= 15 is 0 Å². The molecule has 2 heterocycles. The van der Waals surface area contributed by atoms with E-state index in [9.17, 15) is 4.79 Å². The fourth-order valence-corrected chi connectivity index (χ4v) is 2.34. The van der Waals surface area contributed by atoms with Gasteiger partial charge in [0.05, 0.1) is 0 Å². The third kappa shape index (κ3) is 3.21. The molecule has 1 aliphatic rings. The van der Waals surface area contributed by atoms with E-state index in [1.54, 1.807) is 19.0 Å². The Hall–Kier alpha value is -1.78. The Kier molecular flexibility index (Phi) is 4.47. The van der Waals surface area contributed by atoms with Gasteiger partial charge >= 0.3 is 6.03 Å². The van der Waals surface area contributed by atoms with Crippen LogP contribution >= 0.6 is 0 Å². The van der Waals surface area contributed by atoms with Crippen molar-refractivity contribution in [2.75, 3.05) is 45.2 Å². The number of amides is 2. The summed E-state index contributed by atoms with van der Waals surface area (Å²) in [5.41, 5.74) is 1.26. The Bertz CT molecular complexity index is 447. The molecule has 0 atom stereocenters. The second-order valence-electron chi connectivity index (χ2n) is 5.76. The van der Waals surface area contributed by atoms with Crippen LogP contribution in [0.3, 0.4) is 0 Å². The lowest BCUT2D eigenvalue weighted by Crippen LogP contribution is -2.51. The van der Waals surface area contributed by atoms with Crippen molar-refractivity contribution in [3.05, 3.63) is 23.9 Å². The Morgan fingerprint density at radius 3 is 2.30 bits per heavy atom. The molecule has 0 aromatic carbocycles. The maximum atomic E-state index is 11.9. The first-order valence-corrected chi connectivity index (χ1v) is 7.16. The SMILES string of the molecule is CC(C)c1ccc(N2CCN(C(=O)N(C)C)CC2)nc1. The Morgan fingerprint density at radius 1 is 1.20 bits per heavy atom. The summed E-state index contributed by atoms with van der Waals surface area (Å²) in [6.45, 7) is 7.53. The average Bonchev–Trinajstić information content (AvgIpc) is 2.46. The molecule has 1 aromatic rings. The van der Waals surface area contributed by atoms with Crippen LogP contribution in [-0.2, 0) is 0 Å². The normalized spacial score (nSPS) is 15.7. The lowest BCUT2D eigenvalue weighted by Gasteiger charge is -2.36. The van der Waals surface area contributed by atoms with Crippen LogP contribution in [0.15, 0.2) is 18.3 Å². The van der Waals surface area contributed by atoms with Gasteiger partial charge in [0, 0.05) is 46.5 Å². The predicted octanol–water partition coefficient (Wildman–Crippen LogP) is 2.01. The Labute approximate surface area is 121 Å². The van der Waals surface area contributed by atoms with Crippen LogP contribution in [0, 0.1) is 0 Å². The van der Waals surface area contributed by atoms with Gasteiger partial charge in [-0.1, -0.05) is 19.9 Å². The minimum atomic E-state index is 0.0905. The van der Waals surface area contributed by atoms with Gasteiger partial charge in [0.2, 0.25) is 0 Å². The highest BCUT2D eigenvalue weighted by Crippen LogP contribution is 2.18. The Balaban J connectivity index is 1.95. The number of urea groups is 1. The minimum Gasteiger partial charge on any atom is -0.353 e. The zero-order valence-electron chi connectivity index (χ0n) is 12.8. The molecule has 0 unspecified atom stereocenters. The molecule has 0 radical (unpaired) electrons. The van der Waals surface area contributed by atoms with Crippen molar-refractivity contribution in [1.29, 1.82) is 0 Å². The van der Waals surface area contributed by atoms with Crippen molar-refractivity contribution in [2.24, 2.45) is 0 Å². The molecular weight excluding hydrogens is 252 g/mol. The predicted molar refractivity (Wildman–Crippen MR) is 81.2 cm³/mol. The van der Waals surface area contributed by atoms with Crippen molar-refractivity contribution >= 4 is 11.8 Å². The fourth-order valence-electron chi connectivity index (χ4n) is 2.34. The highest BCUT2D eigenvalue weighted by molar-refractivity contribution is 5.74. The number of piperazine rings is 1. The molecule has 110 valence electrons. The maximum Gasteiger partial charge on any atom is 0.319 e. The van der Waals surface area contributed by atoms with E-state index in [-0.39, 0.29) is 6.03 Å². The maximum absolute atomic E-state index is 11.9. The van der Waals surface area contributed by atoms with Gasteiger partial charge in [0.15, 0.2) is 0 Å². The van der Waals surface area contributed by atoms with E-state index in [0.717, 1.165) is 32.0 Å². The van der Waals surface area contributed by atoms with Crippen LogP contribution in [0.1, 0.15) is 25.3 Å². The number of aromatic nitrogens is 1. The number of anilines is 1. The second-order valence-corrected chi connectivity index (χ2v) is 5.76. The highest BCUT2D eigenvalue weighted by atomic mass is 16.2. The van der Waals surface area contributed by atoms with Crippen LogP contribution in [0.2, 0.25) is 0 Å². The van der Waals surface area contributed by atoms with Crippen LogP contribution < -0.4 is 4.90 Å². The molecule has 20 heavy (non-hydrogen) atoms. The molecule has 0 saturated carbocycles. The van der Waals surface area contributed by atoms with E-state index in [0.29, 0.717) is 5.92 Å². The number of nitrogens with zero attached hydrogens (tertiary/aromatic N) is 4. The standard InChI is InChI=1S/C15H24N4O/c1-12(2)13-5-6-14(16-11-13)18-7-9-19(10-8-18)15(20)17(3)4/h5-6,11-12H,7-10H2,1-4H3. The zero-order valence-corrected chi connectivity index (χ0v) is 12.8. The quantitative estimate of drug-likeness (QED) is 0.829. The summed E-state index contributed by atoms with van der Waals surface area (Å²) in [6.07, 6.45) is 1.96. The van der Waals surface area contributed by atoms with E-state index in [2.05, 4.69) is 35.9 Å². The van der Waals surface area contributed by atoms with Gasteiger partial charge in [-0.25, -0.2) is 9.78 Å². The van der Waals surface area contributed by atoms with E-state index in [4.69, 9.17) is 0 Å². The van der Waals surface area contributed by atoms with Crippen LogP contribution in [-0.4, -0.2) is 61.1 Å². The van der Waals surface area contributed by atoms with Gasteiger partial charge < -0.3 is 14.7 Å². The topological polar surface area (TPSA) is 39.7 Å². The molecule has 0 spiro atoms. The summed E-state index contributed by atoms with van der Waals surface area (Å²) >= 11 is 0. The summed E-state index contributed by atoms with van der Waals surface area (Å²) in [4.78, 5) is 22.2. The average molecular weight is 276 g/mol. The van der Waals surface area contributed by atoms with Gasteiger partial charge in [0.1, 0.15) is 5.82 Å². The molecule has 1 fully saturated rings. The molecular formula is C15H24N4O. The Morgan fingerprint density at radius 2 is 1.85 bits per heavy atom. The smallest absolute Gasteiger partial charge is 0.319 e. The number of hydrogen-bond acceptors (Lipinski definition) is 3. The molecule has 5 nitrogen and oxygen atoms in total. The first-order chi connectivity index (χ1) is 9.49. The monoisotopic (exact) mass is 276 g/mol. The van der Waals surface area contributed by atoms with Gasteiger partial charge in [-0.2, -0.15) is 0 Å². The van der Waals surface area contributed by atoms with Gasteiger partial charge in [-0.15, -0.1) is 0 Å². The van der Waals surface area contributed by atoms with E-state index in [1.165, 1.54) is 5.56 Å². The number of carbonyl (C=O) groups excluding carboxylic acids is 1. The number of hydrogen-bond donors (Lipinski definition) is 0. The van der Waals surface area contributed by atoms with E-state index in [1.807, 2.05) is 11.1 Å². The first-order valence-electron chi connectivity index (χ1n) is 7.16. The lowest BCUT2D eigenvalue weighted by atomic mass is 10.1. The second kappa shape index (κ2) is 6.11. The van der Waals surface area contributed by atoms with Crippen LogP contribution in [0.5, 0.6) is 0 Å². The molecule has 1 aromatic heterocycles. The molecule has 1 aliphatic heterocycles. The van der Waals surface area contributed by atoms with Crippen molar-refractivity contribution in [3.8, 4) is 0 Å². The lowest BCUT2D eigenvalue weighted by molar-refractivity contribution is 0.168. The molecule has 0 aliphatic carbocycles. The number of carbonyl (C=O) groups is 1.